The maximum absolute atomic E-state index is 12.7. The van der Waals surface area contributed by atoms with Crippen molar-refractivity contribution in [2.45, 2.75) is 11.1 Å². The summed E-state index contributed by atoms with van der Waals surface area (Å²) in [6.45, 7) is 1.86. The smallest absolute Gasteiger partial charge is 0.293 e. The first-order valence-electron chi connectivity index (χ1n) is 6.21. The summed E-state index contributed by atoms with van der Waals surface area (Å²) >= 11 is 1.21. The number of benzene rings is 1. The van der Waals surface area contributed by atoms with E-state index in [1.165, 1.54) is 11.3 Å². The molecule has 2 heterocycles. The Kier molecular flexibility index (Phi) is 3.30. The van der Waals surface area contributed by atoms with Crippen molar-refractivity contribution in [3.8, 4) is 11.3 Å². The summed E-state index contributed by atoms with van der Waals surface area (Å²) in [6, 6.07) is 14.1. The predicted molar refractivity (Wildman–Crippen MR) is 83.7 cm³/mol. The van der Waals surface area contributed by atoms with Crippen LogP contribution in [0.5, 0.6) is 0 Å². The molecule has 0 spiro atoms. The first kappa shape index (κ1) is 13.8. The van der Waals surface area contributed by atoms with Gasteiger partial charge in [0.15, 0.2) is 0 Å². The minimum Gasteiger partial charge on any atom is -0.382 e. The van der Waals surface area contributed by atoms with Gasteiger partial charge in [-0.3, -0.25) is 0 Å². The van der Waals surface area contributed by atoms with E-state index in [0.29, 0.717) is 5.69 Å². The van der Waals surface area contributed by atoms with Gasteiger partial charge in [0.1, 0.15) is 10.0 Å². The van der Waals surface area contributed by atoms with Crippen LogP contribution in [0.4, 0.5) is 5.82 Å². The Morgan fingerprint density at radius 2 is 1.86 bits per heavy atom. The van der Waals surface area contributed by atoms with Gasteiger partial charge in [0, 0.05) is 16.5 Å². The number of nitrogens with two attached hydrogens (primary N) is 1. The Morgan fingerprint density at radius 1 is 1.14 bits per heavy atom. The minimum absolute atomic E-state index is 0.172. The maximum atomic E-state index is 12.7. The number of rotatable bonds is 3. The molecule has 0 fully saturated rings. The molecule has 1 aromatic carbocycles. The van der Waals surface area contributed by atoms with E-state index in [2.05, 4.69) is 5.10 Å². The van der Waals surface area contributed by atoms with E-state index in [9.17, 15) is 8.42 Å². The normalized spacial score (nSPS) is 11.7. The van der Waals surface area contributed by atoms with Crippen LogP contribution in [0.15, 0.2) is 52.7 Å². The number of hydrogen-bond donors (Lipinski definition) is 1. The summed E-state index contributed by atoms with van der Waals surface area (Å²) in [5, 5.41) is 3.96. The number of aryl methyl sites for hydroxylation is 1. The quantitative estimate of drug-likeness (QED) is 0.805. The standard InChI is InChI=1S/C14H13N3O2S2/c1-10-7-8-14(20-10)21(18,19)17-12(9-13(15)16-17)11-5-3-2-4-6-11/h2-9H,1H3,(H2,15,16). The molecule has 2 aromatic heterocycles. The Balaban J connectivity index is 2.20. The van der Waals surface area contributed by atoms with Crippen LogP contribution in [-0.2, 0) is 10.0 Å². The van der Waals surface area contributed by atoms with Crippen LogP contribution in [-0.4, -0.2) is 17.6 Å². The fraction of sp³-hybridized carbons (Fsp3) is 0.0714. The van der Waals surface area contributed by atoms with Crippen molar-refractivity contribution in [3.63, 3.8) is 0 Å². The van der Waals surface area contributed by atoms with Gasteiger partial charge in [-0.2, -0.15) is 12.5 Å². The molecular weight excluding hydrogens is 306 g/mol. The van der Waals surface area contributed by atoms with Crippen molar-refractivity contribution in [1.82, 2.24) is 9.19 Å². The Morgan fingerprint density at radius 3 is 2.48 bits per heavy atom. The van der Waals surface area contributed by atoms with E-state index >= 15 is 0 Å². The van der Waals surface area contributed by atoms with Crippen LogP contribution in [0.25, 0.3) is 11.3 Å². The third-order valence-electron chi connectivity index (χ3n) is 2.96. The first-order chi connectivity index (χ1) is 9.98. The second-order valence-corrected chi connectivity index (χ2v) is 7.82. The van der Waals surface area contributed by atoms with Crippen LogP contribution in [0.3, 0.4) is 0 Å². The van der Waals surface area contributed by atoms with Gasteiger partial charge in [0.2, 0.25) is 0 Å². The lowest BCUT2D eigenvalue weighted by atomic mass is 10.2. The molecule has 3 rings (SSSR count). The maximum Gasteiger partial charge on any atom is 0.293 e. The number of aromatic nitrogens is 2. The molecule has 108 valence electrons. The molecule has 0 atom stereocenters. The highest BCUT2D eigenvalue weighted by atomic mass is 32.2. The van der Waals surface area contributed by atoms with Crippen molar-refractivity contribution in [2.24, 2.45) is 0 Å². The molecule has 0 unspecified atom stereocenters. The number of nitrogens with zero attached hydrogens (tertiary/aromatic N) is 2. The average Bonchev–Trinajstić information content (AvgIpc) is 3.06. The second kappa shape index (κ2) is 5.01. The van der Waals surface area contributed by atoms with Gasteiger partial charge in [0.25, 0.3) is 10.0 Å². The van der Waals surface area contributed by atoms with E-state index in [4.69, 9.17) is 5.73 Å². The molecular formula is C14H13N3O2S2. The first-order valence-corrected chi connectivity index (χ1v) is 8.47. The lowest BCUT2D eigenvalue weighted by Crippen LogP contribution is -2.14. The van der Waals surface area contributed by atoms with Crippen molar-refractivity contribution in [1.29, 1.82) is 0 Å². The van der Waals surface area contributed by atoms with E-state index < -0.39 is 10.0 Å². The van der Waals surface area contributed by atoms with Gasteiger partial charge in [-0.25, -0.2) is 0 Å². The SMILES string of the molecule is Cc1ccc(S(=O)(=O)n2nc(N)cc2-c2ccccc2)s1. The lowest BCUT2D eigenvalue weighted by Gasteiger charge is -2.06. The van der Waals surface area contributed by atoms with E-state index in [-0.39, 0.29) is 10.0 Å². The van der Waals surface area contributed by atoms with E-state index in [1.54, 1.807) is 18.2 Å². The highest BCUT2D eigenvalue weighted by molar-refractivity contribution is 7.92. The van der Waals surface area contributed by atoms with Gasteiger partial charge in [-0.05, 0) is 19.1 Å². The fourth-order valence-electron chi connectivity index (χ4n) is 2.00. The summed E-state index contributed by atoms with van der Waals surface area (Å²) in [4.78, 5) is 0.926. The highest BCUT2D eigenvalue weighted by Crippen LogP contribution is 2.28. The molecule has 3 aromatic rings. The number of thiophene rings is 1. The van der Waals surface area contributed by atoms with Crippen LogP contribution in [0.1, 0.15) is 4.88 Å². The summed E-state index contributed by atoms with van der Waals surface area (Å²) < 4.78 is 26.7. The molecule has 5 nitrogen and oxygen atoms in total. The number of nitrogen functional groups attached to an aromatic ring is 1. The fourth-order valence-corrected chi connectivity index (χ4v) is 4.65. The second-order valence-electron chi connectivity index (χ2n) is 4.53. The Hall–Kier alpha value is -2.12. The molecule has 7 heteroatoms. The van der Waals surface area contributed by atoms with Crippen molar-refractivity contribution < 1.29 is 8.42 Å². The average molecular weight is 319 g/mol. The third-order valence-corrected chi connectivity index (χ3v) is 6.02. The van der Waals surface area contributed by atoms with Gasteiger partial charge in [-0.15, -0.1) is 16.4 Å². The summed E-state index contributed by atoms with van der Waals surface area (Å²) in [7, 11) is -3.73. The molecule has 21 heavy (non-hydrogen) atoms. The molecule has 0 saturated carbocycles. The van der Waals surface area contributed by atoms with Gasteiger partial charge >= 0.3 is 0 Å². The summed E-state index contributed by atoms with van der Waals surface area (Å²) in [6.07, 6.45) is 0. The predicted octanol–water partition coefficient (Wildman–Crippen LogP) is 2.74. The minimum atomic E-state index is -3.73. The Labute approximate surface area is 126 Å². The molecule has 0 saturated heterocycles. The molecule has 2 N–H and O–H groups in total. The van der Waals surface area contributed by atoms with E-state index in [1.807, 2.05) is 37.3 Å². The lowest BCUT2D eigenvalue weighted by molar-refractivity contribution is 0.583. The zero-order chi connectivity index (χ0) is 15.0. The van der Waals surface area contributed by atoms with Gasteiger partial charge in [0.05, 0.1) is 5.69 Å². The van der Waals surface area contributed by atoms with Crippen molar-refractivity contribution >= 4 is 27.2 Å². The summed E-state index contributed by atoms with van der Waals surface area (Å²) in [5.41, 5.74) is 6.91. The zero-order valence-electron chi connectivity index (χ0n) is 11.2. The molecule has 0 radical (unpaired) electrons. The molecule has 0 aliphatic rings. The topological polar surface area (TPSA) is 78.0 Å². The van der Waals surface area contributed by atoms with Crippen molar-refractivity contribution in [2.75, 3.05) is 5.73 Å². The number of hydrogen-bond acceptors (Lipinski definition) is 5. The Bertz CT molecular complexity index is 880. The van der Waals surface area contributed by atoms with Crippen LogP contribution in [0, 0.1) is 6.92 Å². The molecule has 0 amide bonds. The molecule has 0 aliphatic carbocycles. The zero-order valence-corrected chi connectivity index (χ0v) is 12.9. The number of anilines is 1. The molecule has 0 bridgehead atoms. The van der Waals surface area contributed by atoms with Crippen LogP contribution < -0.4 is 5.73 Å². The van der Waals surface area contributed by atoms with Crippen LogP contribution in [0.2, 0.25) is 0 Å². The third kappa shape index (κ3) is 2.45. The van der Waals surface area contributed by atoms with Crippen LogP contribution >= 0.6 is 11.3 Å². The molecule has 0 aliphatic heterocycles. The monoisotopic (exact) mass is 319 g/mol. The largest absolute Gasteiger partial charge is 0.382 e. The summed E-state index contributed by atoms with van der Waals surface area (Å²) in [5.74, 6) is 0.172. The highest BCUT2D eigenvalue weighted by Gasteiger charge is 2.24. The van der Waals surface area contributed by atoms with E-state index in [0.717, 1.165) is 14.5 Å². The van der Waals surface area contributed by atoms with Crippen molar-refractivity contribution in [3.05, 3.63) is 53.4 Å². The van der Waals surface area contributed by atoms with Gasteiger partial charge < -0.3 is 5.73 Å². The van der Waals surface area contributed by atoms with Gasteiger partial charge in [-0.1, -0.05) is 30.3 Å².